The molecule has 1 aromatic heterocycles. The fraction of sp³-hybridized carbons (Fsp3) is 0.200. The Kier molecular flexibility index (Phi) is 1.02. The smallest absolute Gasteiger partial charge is 0.198 e. The monoisotopic (exact) mass is 91.0 g/mol. The fourth-order valence-electron chi connectivity index (χ4n) is 0.262. The van der Waals surface area contributed by atoms with Gasteiger partial charge in [-0.1, -0.05) is 0 Å². The molecule has 0 aromatic carbocycles. The van der Waals surface area contributed by atoms with Crippen molar-refractivity contribution < 1.29 is 0 Å². The predicted octanol–water partition coefficient (Wildman–Crippen LogP) is 0.186. The summed E-state index contributed by atoms with van der Waals surface area (Å²) in [5, 5.41) is 0. The molecular weight excluding hydrogens is 88.1 g/mol. The molecule has 0 aliphatic rings. The maximum atomic E-state index is 3.66. The Morgan fingerprint density at radius 2 is 2.43 bits per heavy atom. The predicted molar refractivity (Wildman–Crippen MR) is 23.3 cm³/mol. The van der Waals surface area contributed by atoms with Crippen LogP contribution < -0.4 is 0 Å². The van der Waals surface area contributed by atoms with Gasteiger partial charge >= 0.3 is 0 Å². The Hall–Kier alpha value is -0.920. The minimum atomic E-state index is 0.773. The van der Waals surface area contributed by atoms with Gasteiger partial charge in [-0.2, -0.15) is 0 Å². The van der Waals surface area contributed by atoms with E-state index in [-0.39, 0.29) is 0 Å². The third kappa shape index (κ3) is 0.961. The first-order chi connectivity index (χ1) is 3.39. The summed E-state index contributed by atoms with van der Waals surface area (Å²) in [5.41, 5.74) is 0.773. The lowest BCUT2D eigenvalue weighted by Gasteiger charge is -1.78. The molecule has 0 amide bonds. The molecule has 1 rings (SSSR count). The van der Waals surface area contributed by atoms with Crippen molar-refractivity contribution in [2.75, 3.05) is 0 Å². The summed E-state index contributed by atoms with van der Waals surface area (Å²) in [5.74, 6) is 0. The van der Waals surface area contributed by atoms with E-state index in [4.69, 9.17) is 0 Å². The summed E-state index contributed by atoms with van der Waals surface area (Å²) in [7, 11) is 0. The third-order valence-corrected chi connectivity index (χ3v) is 0.560. The molecule has 0 aliphatic carbocycles. The Morgan fingerprint density at radius 3 is 2.71 bits per heavy atom. The molecule has 7 heavy (non-hydrogen) atoms. The molecule has 1 heterocycles. The number of aryl methyl sites for hydroxylation is 1. The van der Waals surface area contributed by atoms with Gasteiger partial charge in [-0.25, -0.2) is 9.97 Å². The van der Waals surface area contributed by atoms with Crippen LogP contribution in [0.15, 0.2) is 0 Å². The van der Waals surface area contributed by atoms with Crippen LogP contribution in [0.4, 0.5) is 0 Å². The van der Waals surface area contributed by atoms with E-state index in [1.54, 1.807) is 0 Å². The van der Waals surface area contributed by atoms with Gasteiger partial charge in [-0.15, -0.1) is 0 Å². The molecule has 0 spiro atoms. The minimum absolute atomic E-state index is 0.773. The van der Waals surface area contributed by atoms with Crippen molar-refractivity contribution in [1.82, 2.24) is 9.97 Å². The summed E-state index contributed by atoms with van der Waals surface area (Å²) < 4.78 is 0. The van der Waals surface area contributed by atoms with E-state index in [0.29, 0.717) is 0 Å². The maximum Gasteiger partial charge on any atom is 0.198 e. The van der Waals surface area contributed by atoms with Gasteiger partial charge < -0.3 is 0 Å². The standard InChI is InChI=1S/C5H3N2/c1-5-2-3-6-4-7-5/h1H3. The highest BCUT2D eigenvalue weighted by Gasteiger charge is 1.77. The van der Waals surface area contributed by atoms with Crippen LogP contribution in [0.3, 0.4) is 0 Å². The largest absolute Gasteiger partial charge is 0.230 e. The third-order valence-electron chi connectivity index (χ3n) is 0.560. The number of aromatic nitrogens is 2. The SMILES string of the molecule is Cc1[c][c]n[c]n1. The normalized spacial score (nSPS) is 8.71. The van der Waals surface area contributed by atoms with Gasteiger partial charge in [-0.05, 0) is 6.92 Å². The van der Waals surface area contributed by atoms with Crippen molar-refractivity contribution in [2.24, 2.45) is 0 Å². The lowest BCUT2D eigenvalue weighted by Crippen LogP contribution is -1.79. The van der Waals surface area contributed by atoms with Gasteiger partial charge in [0.1, 0.15) is 6.20 Å². The van der Waals surface area contributed by atoms with Gasteiger partial charge in [0.05, 0.1) is 5.69 Å². The fourth-order valence-corrected chi connectivity index (χ4v) is 0.262. The van der Waals surface area contributed by atoms with Crippen LogP contribution in [0.25, 0.3) is 0 Å². The highest BCUT2D eigenvalue weighted by Crippen LogP contribution is 1.79. The summed E-state index contributed by atoms with van der Waals surface area (Å²) >= 11 is 0. The first-order valence-corrected chi connectivity index (χ1v) is 1.89. The van der Waals surface area contributed by atoms with E-state index < -0.39 is 0 Å². The van der Waals surface area contributed by atoms with Crippen molar-refractivity contribution in [3.63, 3.8) is 0 Å². The zero-order valence-electron chi connectivity index (χ0n) is 3.89. The van der Waals surface area contributed by atoms with Gasteiger partial charge in [-0.3, -0.25) is 0 Å². The molecule has 2 nitrogen and oxygen atoms in total. The Balaban J connectivity index is 3.02. The quantitative estimate of drug-likeness (QED) is 0.455. The molecule has 0 atom stereocenters. The Morgan fingerprint density at radius 1 is 1.57 bits per heavy atom. The van der Waals surface area contributed by atoms with Crippen molar-refractivity contribution in [3.05, 3.63) is 24.3 Å². The van der Waals surface area contributed by atoms with Crippen LogP contribution in [0, 0.1) is 25.5 Å². The molecule has 33 valence electrons. The number of hydrogen-bond donors (Lipinski definition) is 0. The zero-order chi connectivity index (χ0) is 5.11. The van der Waals surface area contributed by atoms with E-state index >= 15 is 0 Å². The maximum absolute atomic E-state index is 3.66. The Labute approximate surface area is 42.2 Å². The topological polar surface area (TPSA) is 25.8 Å². The molecular formula is C5H3N2. The number of nitrogens with zero attached hydrogens (tertiary/aromatic N) is 2. The zero-order valence-corrected chi connectivity index (χ0v) is 3.89. The van der Waals surface area contributed by atoms with E-state index in [1.165, 1.54) is 0 Å². The molecule has 1 aromatic rings. The molecule has 2 heteroatoms. The second-order valence-corrected chi connectivity index (χ2v) is 1.15. The lowest BCUT2D eigenvalue weighted by molar-refractivity contribution is 1.07. The molecule has 0 bridgehead atoms. The molecule has 0 fully saturated rings. The highest BCUT2D eigenvalue weighted by molar-refractivity contribution is 4.88. The summed E-state index contributed by atoms with van der Waals surface area (Å²) in [6.45, 7) is 1.81. The molecule has 0 unspecified atom stereocenters. The van der Waals surface area contributed by atoms with Crippen LogP contribution in [-0.2, 0) is 0 Å². The highest BCUT2D eigenvalue weighted by atomic mass is 14.8. The molecule has 0 saturated carbocycles. The van der Waals surface area contributed by atoms with Crippen molar-refractivity contribution >= 4 is 0 Å². The second-order valence-electron chi connectivity index (χ2n) is 1.15. The van der Waals surface area contributed by atoms with Gasteiger partial charge in [0.15, 0.2) is 6.33 Å². The molecule has 0 aliphatic heterocycles. The summed E-state index contributed by atoms with van der Waals surface area (Å²) in [6.07, 6.45) is 4.84. The molecule has 3 radical (unpaired) electrons. The first kappa shape index (κ1) is 4.24. The van der Waals surface area contributed by atoms with Crippen LogP contribution in [0.5, 0.6) is 0 Å². The van der Waals surface area contributed by atoms with Gasteiger partial charge in [0, 0.05) is 6.07 Å². The Bertz CT molecular complexity index is 136. The molecule has 0 saturated heterocycles. The van der Waals surface area contributed by atoms with E-state index in [2.05, 4.69) is 28.6 Å². The van der Waals surface area contributed by atoms with Crippen LogP contribution >= 0.6 is 0 Å². The van der Waals surface area contributed by atoms with E-state index in [9.17, 15) is 0 Å². The van der Waals surface area contributed by atoms with Crippen LogP contribution in [-0.4, -0.2) is 9.97 Å². The second kappa shape index (κ2) is 1.69. The summed E-state index contributed by atoms with van der Waals surface area (Å²) in [6, 6.07) is 2.65. The van der Waals surface area contributed by atoms with Crippen LogP contribution in [0.2, 0.25) is 0 Å². The summed E-state index contributed by atoms with van der Waals surface area (Å²) in [4.78, 5) is 7.09. The van der Waals surface area contributed by atoms with E-state index in [1.807, 2.05) is 6.92 Å². The van der Waals surface area contributed by atoms with Gasteiger partial charge in [0.2, 0.25) is 0 Å². The van der Waals surface area contributed by atoms with E-state index in [0.717, 1.165) is 5.69 Å². The van der Waals surface area contributed by atoms with Crippen molar-refractivity contribution in [2.45, 2.75) is 6.92 Å². The first-order valence-electron chi connectivity index (χ1n) is 1.89. The van der Waals surface area contributed by atoms with Crippen molar-refractivity contribution in [1.29, 1.82) is 0 Å². The minimum Gasteiger partial charge on any atom is -0.230 e. The lowest BCUT2D eigenvalue weighted by atomic mass is 10.5. The number of rotatable bonds is 0. The average molecular weight is 91.1 g/mol. The average Bonchev–Trinajstić information content (AvgIpc) is 1.69. The number of hydrogen-bond acceptors (Lipinski definition) is 2. The van der Waals surface area contributed by atoms with Crippen molar-refractivity contribution in [3.8, 4) is 0 Å². The molecule has 0 N–H and O–H groups in total. The van der Waals surface area contributed by atoms with Crippen LogP contribution in [0.1, 0.15) is 5.69 Å². The van der Waals surface area contributed by atoms with Gasteiger partial charge in [0.25, 0.3) is 0 Å².